The van der Waals surface area contributed by atoms with Crippen molar-refractivity contribution in [3.8, 4) is 5.75 Å². The summed E-state index contributed by atoms with van der Waals surface area (Å²) >= 11 is 0. The van der Waals surface area contributed by atoms with Crippen molar-refractivity contribution in [1.29, 1.82) is 0 Å². The van der Waals surface area contributed by atoms with E-state index >= 15 is 0 Å². The monoisotopic (exact) mass is 443 g/mol. The maximum Gasteiger partial charge on any atom is 0.255 e. The van der Waals surface area contributed by atoms with E-state index in [1.54, 1.807) is 0 Å². The Morgan fingerprint density at radius 1 is 1.10 bits per heavy atom. The molecule has 1 saturated carbocycles. The van der Waals surface area contributed by atoms with Gasteiger partial charge in [-0.25, -0.2) is 13.8 Å². The lowest BCUT2D eigenvalue weighted by Gasteiger charge is -2.31. The number of sulfonamides is 1. The lowest BCUT2D eigenvalue weighted by molar-refractivity contribution is -0.121. The first-order chi connectivity index (χ1) is 14.9. The summed E-state index contributed by atoms with van der Waals surface area (Å²) in [6.07, 6.45) is 7.30. The van der Waals surface area contributed by atoms with Crippen LogP contribution in [-0.2, 0) is 21.4 Å². The van der Waals surface area contributed by atoms with Crippen molar-refractivity contribution in [2.24, 2.45) is 5.10 Å². The van der Waals surface area contributed by atoms with Crippen molar-refractivity contribution < 1.29 is 17.9 Å². The highest BCUT2D eigenvalue weighted by atomic mass is 32.2. The molecule has 1 fully saturated rings. The summed E-state index contributed by atoms with van der Waals surface area (Å²) in [5.41, 5.74) is 4.20. The van der Waals surface area contributed by atoms with Gasteiger partial charge in [0.15, 0.2) is 0 Å². The molecule has 0 radical (unpaired) electrons. The van der Waals surface area contributed by atoms with Gasteiger partial charge in [0.2, 0.25) is 10.0 Å². The zero-order chi connectivity index (χ0) is 22.1. The number of amides is 1. The van der Waals surface area contributed by atoms with Crippen LogP contribution in [0.25, 0.3) is 0 Å². The number of para-hydroxylation sites is 1. The predicted octanol–water partition coefficient (Wildman–Crippen LogP) is 3.31. The Balaban J connectivity index is 1.58. The Morgan fingerprint density at radius 2 is 1.77 bits per heavy atom. The normalized spacial score (nSPS) is 15.3. The second-order valence-electron chi connectivity index (χ2n) is 7.71. The van der Waals surface area contributed by atoms with Crippen LogP contribution in [0.2, 0.25) is 0 Å². The van der Waals surface area contributed by atoms with Gasteiger partial charge in [0.25, 0.3) is 5.91 Å². The average Bonchev–Trinajstić information content (AvgIpc) is 2.77. The van der Waals surface area contributed by atoms with Gasteiger partial charge in [0.1, 0.15) is 12.4 Å². The maximum atomic E-state index is 12.4. The number of carbonyl (C=O) groups is 1. The third kappa shape index (κ3) is 7.18. The summed E-state index contributed by atoms with van der Waals surface area (Å²) < 4.78 is 31.5. The highest BCUT2D eigenvalue weighted by Crippen LogP contribution is 2.24. The molecular formula is C23H29N3O4S. The fourth-order valence-electron chi connectivity index (χ4n) is 3.69. The minimum absolute atomic E-state index is 0.120. The zero-order valence-electron chi connectivity index (χ0n) is 17.7. The Bertz CT molecular complexity index is 987. The van der Waals surface area contributed by atoms with Crippen molar-refractivity contribution in [2.75, 3.05) is 12.8 Å². The molecule has 1 aliphatic rings. The Kier molecular flexibility index (Phi) is 8.20. The number of carbonyl (C=O) groups excluding carboxylic acids is 1. The van der Waals surface area contributed by atoms with Crippen LogP contribution in [-0.4, -0.2) is 43.7 Å². The number of nitrogens with zero attached hydrogens (tertiary/aromatic N) is 2. The molecule has 1 N–H and O–H groups in total. The standard InChI is InChI=1S/C23H29N3O4S/c1-31(28,29)26(21-13-6-3-7-14-21)17-23(27)25-24-16-20-12-8-9-15-22(20)30-18-19-10-4-2-5-11-19/h2,4-5,8-12,15-16,21H,3,6-7,13-14,17-18H2,1H3,(H,25,27). The summed E-state index contributed by atoms with van der Waals surface area (Å²) in [6, 6.07) is 17.1. The Morgan fingerprint density at radius 3 is 2.48 bits per heavy atom. The third-order valence-corrected chi connectivity index (χ3v) is 6.54. The number of hydrogen-bond acceptors (Lipinski definition) is 5. The molecule has 0 saturated heterocycles. The lowest BCUT2D eigenvalue weighted by Crippen LogP contribution is -2.45. The second kappa shape index (κ2) is 11.1. The van der Waals surface area contributed by atoms with Crippen LogP contribution >= 0.6 is 0 Å². The van der Waals surface area contributed by atoms with Gasteiger partial charge in [-0.05, 0) is 30.5 Å². The number of ether oxygens (including phenoxy) is 1. The molecule has 3 rings (SSSR count). The molecule has 0 heterocycles. The van der Waals surface area contributed by atoms with Crippen LogP contribution in [0.4, 0.5) is 0 Å². The first-order valence-electron chi connectivity index (χ1n) is 10.5. The van der Waals surface area contributed by atoms with E-state index in [1.807, 2.05) is 54.6 Å². The van der Waals surface area contributed by atoms with Gasteiger partial charge in [-0.2, -0.15) is 9.41 Å². The minimum Gasteiger partial charge on any atom is -0.488 e. The molecule has 0 bridgehead atoms. The van der Waals surface area contributed by atoms with Crippen molar-refractivity contribution in [3.63, 3.8) is 0 Å². The molecule has 0 unspecified atom stereocenters. The third-order valence-electron chi connectivity index (χ3n) is 5.26. The van der Waals surface area contributed by atoms with Crippen molar-refractivity contribution in [2.45, 2.75) is 44.8 Å². The first-order valence-corrected chi connectivity index (χ1v) is 12.3. The van der Waals surface area contributed by atoms with E-state index in [0.29, 0.717) is 17.9 Å². The Hall–Kier alpha value is -2.71. The molecule has 166 valence electrons. The van der Waals surface area contributed by atoms with Gasteiger partial charge in [0, 0.05) is 11.6 Å². The molecule has 0 aliphatic heterocycles. The van der Waals surface area contributed by atoms with Crippen LogP contribution in [0.5, 0.6) is 5.75 Å². The van der Waals surface area contributed by atoms with E-state index < -0.39 is 15.9 Å². The summed E-state index contributed by atoms with van der Waals surface area (Å²) in [5.74, 6) is 0.180. The van der Waals surface area contributed by atoms with Gasteiger partial charge in [0.05, 0.1) is 19.0 Å². The highest BCUT2D eigenvalue weighted by Gasteiger charge is 2.29. The molecule has 2 aromatic rings. The zero-order valence-corrected chi connectivity index (χ0v) is 18.6. The second-order valence-corrected chi connectivity index (χ2v) is 9.64. The Labute approximate surface area is 184 Å². The van der Waals surface area contributed by atoms with Crippen molar-refractivity contribution in [3.05, 3.63) is 65.7 Å². The average molecular weight is 444 g/mol. The van der Waals surface area contributed by atoms with Crippen LogP contribution in [0.3, 0.4) is 0 Å². The topological polar surface area (TPSA) is 88.1 Å². The van der Waals surface area contributed by atoms with Gasteiger partial charge in [-0.15, -0.1) is 0 Å². The van der Waals surface area contributed by atoms with Gasteiger partial charge in [-0.3, -0.25) is 4.79 Å². The van der Waals surface area contributed by atoms with Crippen LogP contribution in [0.1, 0.15) is 43.2 Å². The summed E-state index contributed by atoms with van der Waals surface area (Å²) in [5, 5.41) is 4.01. The van der Waals surface area contributed by atoms with Crippen LogP contribution in [0.15, 0.2) is 59.7 Å². The highest BCUT2D eigenvalue weighted by molar-refractivity contribution is 7.88. The fraction of sp³-hybridized carbons (Fsp3) is 0.391. The van der Waals surface area contributed by atoms with Gasteiger partial charge >= 0.3 is 0 Å². The fourth-order valence-corrected chi connectivity index (χ4v) is 4.79. The summed E-state index contributed by atoms with van der Waals surface area (Å²) in [6.45, 7) is 0.190. The molecule has 7 nitrogen and oxygen atoms in total. The molecule has 2 aromatic carbocycles. The van der Waals surface area contributed by atoms with E-state index in [-0.39, 0.29) is 12.6 Å². The molecule has 31 heavy (non-hydrogen) atoms. The molecule has 0 aromatic heterocycles. The van der Waals surface area contributed by atoms with Crippen LogP contribution in [0, 0.1) is 0 Å². The van der Waals surface area contributed by atoms with E-state index in [1.165, 1.54) is 10.5 Å². The number of rotatable bonds is 9. The SMILES string of the molecule is CS(=O)(=O)N(CC(=O)NN=Cc1ccccc1OCc1ccccc1)C1CCCCC1. The van der Waals surface area contributed by atoms with E-state index in [2.05, 4.69) is 10.5 Å². The molecular weight excluding hydrogens is 414 g/mol. The number of hydrazone groups is 1. The summed E-state index contributed by atoms with van der Waals surface area (Å²) in [7, 11) is -3.48. The van der Waals surface area contributed by atoms with Gasteiger partial charge in [-0.1, -0.05) is 61.7 Å². The number of nitrogens with one attached hydrogen (secondary N) is 1. The quantitative estimate of drug-likeness (QED) is 0.476. The van der Waals surface area contributed by atoms with E-state index in [0.717, 1.165) is 43.9 Å². The van der Waals surface area contributed by atoms with E-state index in [9.17, 15) is 13.2 Å². The number of hydrogen-bond donors (Lipinski definition) is 1. The first kappa shape index (κ1) is 23.0. The maximum absolute atomic E-state index is 12.4. The summed E-state index contributed by atoms with van der Waals surface area (Å²) in [4.78, 5) is 12.4. The minimum atomic E-state index is -3.48. The molecule has 8 heteroatoms. The predicted molar refractivity (Wildman–Crippen MR) is 121 cm³/mol. The lowest BCUT2D eigenvalue weighted by atomic mass is 9.95. The smallest absolute Gasteiger partial charge is 0.255 e. The van der Waals surface area contributed by atoms with Crippen molar-refractivity contribution in [1.82, 2.24) is 9.73 Å². The molecule has 1 amide bonds. The largest absolute Gasteiger partial charge is 0.488 e. The van der Waals surface area contributed by atoms with Crippen LogP contribution < -0.4 is 10.2 Å². The molecule has 1 aliphatic carbocycles. The van der Waals surface area contributed by atoms with E-state index in [4.69, 9.17) is 4.74 Å². The number of benzene rings is 2. The molecule has 0 atom stereocenters. The molecule has 0 spiro atoms. The van der Waals surface area contributed by atoms with Crippen molar-refractivity contribution >= 4 is 22.1 Å². The van der Waals surface area contributed by atoms with Gasteiger partial charge < -0.3 is 4.74 Å².